The van der Waals surface area contributed by atoms with Crippen molar-refractivity contribution < 1.29 is 27.8 Å². The van der Waals surface area contributed by atoms with Gasteiger partial charge in [-0.2, -0.15) is 0 Å². The van der Waals surface area contributed by atoms with E-state index in [0.717, 1.165) is 36.1 Å². The first kappa shape index (κ1) is 23.3. The largest absolute Gasteiger partial charge is 0.378 e. The molecule has 0 saturated carbocycles. The lowest BCUT2D eigenvalue weighted by Gasteiger charge is -2.37. The number of benzene rings is 1. The minimum atomic E-state index is -0.891. The summed E-state index contributed by atoms with van der Waals surface area (Å²) in [6.45, 7) is 9.24. The molecule has 2 aromatic rings. The number of carbonyl (C=O) groups is 1. The second kappa shape index (κ2) is 9.28. The standard InChI is InChI=1S/C25H31F2N3O4/c1-17-22(28-9-11-32-12-10-28)18(2)30(16-19-3-4-20(26)21(27)15-19)23(17)24(31)29-7-5-25(6-8-29)33-13-14-34-25/h3-4,15H,5-14,16H2,1-2H3. The van der Waals surface area contributed by atoms with E-state index in [1.807, 2.05) is 23.3 Å². The Bertz CT molecular complexity index is 1060. The molecule has 0 unspecified atom stereocenters. The third-order valence-corrected chi connectivity index (χ3v) is 7.21. The van der Waals surface area contributed by atoms with Crippen LogP contribution >= 0.6 is 0 Å². The monoisotopic (exact) mass is 475 g/mol. The summed E-state index contributed by atoms with van der Waals surface area (Å²) in [4.78, 5) is 17.9. The predicted octanol–water partition coefficient (Wildman–Crippen LogP) is 3.25. The van der Waals surface area contributed by atoms with Crippen LogP contribution in [-0.4, -0.2) is 73.8 Å². The third-order valence-electron chi connectivity index (χ3n) is 7.21. The number of carbonyl (C=O) groups excluding carboxylic acids is 1. The molecule has 3 saturated heterocycles. The number of nitrogens with zero attached hydrogens (tertiary/aromatic N) is 3. The topological polar surface area (TPSA) is 56.2 Å². The molecule has 9 heteroatoms. The molecule has 3 aliphatic heterocycles. The number of ether oxygens (including phenoxy) is 3. The van der Waals surface area contributed by atoms with Crippen molar-refractivity contribution in [3.05, 3.63) is 52.3 Å². The first-order chi connectivity index (χ1) is 16.4. The number of anilines is 1. The molecule has 0 aliphatic carbocycles. The van der Waals surface area contributed by atoms with Crippen molar-refractivity contribution in [2.24, 2.45) is 0 Å². The van der Waals surface area contributed by atoms with Crippen LogP contribution in [0.2, 0.25) is 0 Å². The molecule has 34 heavy (non-hydrogen) atoms. The molecule has 0 radical (unpaired) electrons. The van der Waals surface area contributed by atoms with Crippen molar-refractivity contribution >= 4 is 11.6 Å². The molecule has 4 heterocycles. The van der Waals surface area contributed by atoms with Crippen molar-refractivity contribution in [2.75, 3.05) is 57.5 Å². The van der Waals surface area contributed by atoms with Crippen molar-refractivity contribution in [3.8, 4) is 0 Å². The molecule has 1 aromatic heterocycles. The normalized spacial score (nSPS) is 20.4. The second-order valence-corrected chi connectivity index (χ2v) is 9.24. The van der Waals surface area contributed by atoms with E-state index in [2.05, 4.69) is 4.90 Å². The van der Waals surface area contributed by atoms with E-state index in [-0.39, 0.29) is 12.5 Å². The fourth-order valence-electron chi connectivity index (χ4n) is 5.41. The van der Waals surface area contributed by atoms with Gasteiger partial charge in [0.1, 0.15) is 5.69 Å². The summed E-state index contributed by atoms with van der Waals surface area (Å²) in [6.07, 6.45) is 1.27. The van der Waals surface area contributed by atoms with Gasteiger partial charge in [0, 0.05) is 56.8 Å². The van der Waals surface area contributed by atoms with Gasteiger partial charge >= 0.3 is 0 Å². The first-order valence-electron chi connectivity index (χ1n) is 11.9. The molecular weight excluding hydrogens is 444 g/mol. The minimum absolute atomic E-state index is 0.0597. The van der Waals surface area contributed by atoms with Gasteiger partial charge in [-0.15, -0.1) is 0 Å². The first-order valence-corrected chi connectivity index (χ1v) is 11.9. The summed E-state index contributed by atoms with van der Waals surface area (Å²) in [5.41, 5.74) is 4.05. The number of amides is 1. The maximum absolute atomic E-state index is 13.9. The Morgan fingerprint density at radius 1 is 0.971 bits per heavy atom. The molecule has 0 bridgehead atoms. The molecule has 0 N–H and O–H groups in total. The third kappa shape index (κ3) is 4.21. The summed E-state index contributed by atoms with van der Waals surface area (Å²) in [5.74, 6) is -2.39. The quantitative estimate of drug-likeness (QED) is 0.680. The van der Waals surface area contributed by atoms with E-state index < -0.39 is 17.4 Å². The molecule has 0 atom stereocenters. The average molecular weight is 476 g/mol. The van der Waals surface area contributed by atoms with Crippen LogP contribution in [0.5, 0.6) is 0 Å². The van der Waals surface area contributed by atoms with Crippen LogP contribution in [0.1, 0.15) is 40.2 Å². The number of morpholine rings is 1. The number of hydrogen-bond donors (Lipinski definition) is 0. The molecule has 3 fully saturated rings. The van der Waals surface area contributed by atoms with E-state index >= 15 is 0 Å². The van der Waals surface area contributed by atoms with Crippen molar-refractivity contribution in [2.45, 2.75) is 39.0 Å². The summed E-state index contributed by atoms with van der Waals surface area (Å²) >= 11 is 0. The van der Waals surface area contributed by atoms with Crippen molar-refractivity contribution in [1.82, 2.24) is 9.47 Å². The lowest BCUT2D eigenvalue weighted by molar-refractivity contribution is -0.181. The zero-order chi connectivity index (χ0) is 23.9. The molecule has 184 valence electrons. The summed E-state index contributed by atoms with van der Waals surface area (Å²) < 4.78 is 46.6. The number of halogens is 2. The Balaban J connectivity index is 1.48. The fraction of sp³-hybridized carbons (Fsp3) is 0.560. The van der Waals surface area contributed by atoms with Gasteiger partial charge in [0.15, 0.2) is 17.4 Å². The van der Waals surface area contributed by atoms with E-state index in [4.69, 9.17) is 14.2 Å². The van der Waals surface area contributed by atoms with Crippen LogP contribution in [0.4, 0.5) is 14.5 Å². The maximum atomic E-state index is 13.9. The predicted molar refractivity (Wildman–Crippen MR) is 122 cm³/mol. The maximum Gasteiger partial charge on any atom is 0.270 e. The van der Waals surface area contributed by atoms with Crippen LogP contribution in [0.15, 0.2) is 18.2 Å². The molecule has 5 rings (SSSR count). The Labute approximate surface area is 198 Å². The molecular formula is C25H31F2N3O4. The number of rotatable bonds is 4. The van der Waals surface area contributed by atoms with Crippen LogP contribution in [0.3, 0.4) is 0 Å². The number of piperidine rings is 1. The zero-order valence-corrected chi connectivity index (χ0v) is 19.7. The highest BCUT2D eigenvalue weighted by Crippen LogP contribution is 2.35. The molecule has 3 aliphatic rings. The number of hydrogen-bond acceptors (Lipinski definition) is 5. The van der Waals surface area contributed by atoms with Gasteiger partial charge in [-0.25, -0.2) is 8.78 Å². The van der Waals surface area contributed by atoms with Crippen molar-refractivity contribution in [1.29, 1.82) is 0 Å². The van der Waals surface area contributed by atoms with Gasteiger partial charge in [-0.1, -0.05) is 6.07 Å². The van der Waals surface area contributed by atoms with Gasteiger partial charge in [-0.05, 0) is 31.5 Å². The molecule has 1 amide bonds. The van der Waals surface area contributed by atoms with Crippen LogP contribution in [0.25, 0.3) is 0 Å². The minimum Gasteiger partial charge on any atom is -0.378 e. The summed E-state index contributed by atoms with van der Waals surface area (Å²) in [7, 11) is 0. The SMILES string of the molecule is Cc1c(N2CCOCC2)c(C)n(Cc2ccc(F)c(F)c2)c1C(=O)N1CCC2(CC1)OCCO2. The van der Waals surface area contributed by atoms with E-state index in [9.17, 15) is 13.6 Å². The highest BCUT2D eigenvalue weighted by Gasteiger charge is 2.41. The number of aromatic nitrogens is 1. The highest BCUT2D eigenvalue weighted by atomic mass is 19.2. The van der Waals surface area contributed by atoms with E-state index in [0.29, 0.717) is 63.6 Å². The zero-order valence-electron chi connectivity index (χ0n) is 19.7. The smallest absolute Gasteiger partial charge is 0.270 e. The average Bonchev–Trinajstić information content (AvgIpc) is 3.39. The Morgan fingerprint density at radius 3 is 2.29 bits per heavy atom. The highest BCUT2D eigenvalue weighted by molar-refractivity contribution is 5.96. The Morgan fingerprint density at radius 2 is 1.65 bits per heavy atom. The van der Waals surface area contributed by atoms with Gasteiger partial charge < -0.3 is 28.6 Å². The van der Waals surface area contributed by atoms with Gasteiger partial charge in [0.25, 0.3) is 5.91 Å². The fourth-order valence-corrected chi connectivity index (χ4v) is 5.41. The van der Waals surface area contributed by atoms with Crippen LogP contribution < -0.4 is 4.90 Å². The van der Waals surface area contributed by atoms with Gasteiger partial charge in [0.2, 0.25) is 0 Å². The second-order valence-electron chi connectivity index (χ2n) is 9.24. The van der Waals surface area contributed by atoms with E-state index in [1.165, 1.54) is 6.07 Å². The molecule has 1 aromatic carbocycles. The van der Waals surface area contributed by atoms with Gasteiger partial charge in [0.05, 0.1) is 32.1 Å². The Kier molecular flexibility index (Phi) is 6.35. The van der Waals surface area contributed by atoms with Crippen LogP contribution in [-0.2, 0) is 20.8 Å². The molecule has 1 spiro atoms. The summed E-state index contributed by atoms with van der Waals surface area (Å²) in [6, 6.07) is 3.90. The summed E-state index contributed by atoms with van der Waals surface area (Å²) in [5, 5.41) is 0. The molecule has 7 nitrogen and oxygen atoms in total. The lowest BCUT2D eigenvalue weighted by Crippen LogP contribution is -2.47. The van der Waals surface area contributed by atoms with Crippen molar-refractivity contribution in [3.63, 3.8) is 0 Å². The van der Waals surface area contributed by atoms with Gasteiger partial charge in [-0.3, -0.25) is 4.79 Å². The lowest BCUT2D eigenvalue weighted by atomic mass is 10.0. The van der Waals surface area contributed by atoms with E-state index in [1.54, 1.807) is 6.07 Å². The Hall–Kier alpha value is -2.49. The number of likely N-dealkylation sites (tertiary alicyclic amines) is 1. The van der Waals surface area contributed by atoms with Crippen LogP contribution in [0, 0.1) is 25.5 Å².